The number of amides is 1. The van der Waals surface area contributed by atoms with Crippen LogP contribution in [0.5, 0.6) is 0 Å². The zero-order chi connectivity index (χ0) is 28.0. The Bertz CT molecular complexity index is 1580. The maximum Gasteiger partial charge on any atom is 0.355 e. The third-order valence-corrected chi connectivity index (χ3v) is 8.27. The van der Waals surface area contributed by atoms with Crippen LogP contribution in [0, 0.1) is 0 Å². The van der Waals surface area contributed by atoms with Crippen LogP contribution in [0.25, 0.3) is 11.1 Å². The first-order chi connectivity index (χ1) is 18.7. The summed E-state index contributed by atoms with van der Waals surface area (Å²) in [5.41, 5.74) is 2.35. The summed E-state index contributed by atoms with van der Waals surface area (Å²) in [6.45, 7) is 2.40. The number of carbonyl (C=O) groups is 2. The van der Waals surface area contributed by atoms with Crippen LogP contribution in [0.4, 0.5) is 0 Å². The molecule has 0 spiro atoms. The van der Waals surface area contributed by atoms with Gasteiger partial charge in [-0.1, -0.05) is 74.0 Å². The Labute approximate surface area is 232 Å². The highest BCUT2D eigenvalue weighted by molar-refractivity contribution is 7.98. The number of carboxylic acid groups (broad SMARTS) is 1. The molecule has 202 valence electrons. The van der Waals surface area contributed by atoms with E-state index in [2.05, 4.69) is 16.6 Å². The highest BCUT2D eigenvalue weighted by Gasteiger charge is 2.24. The lowest BCUT2D eigenvalue weighted by molar-refractivity contribution is 0.0680. The topological polar surface area (TPSA) is 118 Å². The number of rotatable bonds is 11. The van der Waals surface area contributed by atoms with E-state index in [9.17, 15) is 23.1 Å². The fraction of sp³-hybridized carbons (Fsp3) is 0.207. The van der Waals surface area contributed by atoms with Crippen molar-refractivity contribution in [3.63, 3.8) is 0 Å². The Morgan fingerprint density at radius 2 is 1.64 bits per heavy atom. The van der Waals surface area contributed by atoms with Crippen molar-refractivity contribution in [3.8, 4) is 11.1 Å². The molecule has 8 nitrogen and oxygen atoms in total. The van der Waals surface area contributed by atoms with Crippen molar-refractivity contribution in [3.05, 3.63) is 102 Å². The van der Waals surface area contributed by atoms with Gasteiger partial charge in [-0.3, -0.25) is 4.79 Å². The van der Waals surface area contributed by atoms with Crippen LogP contribution >= 0.6 is 11.8 Å². The zero-order valence-electron chi connectivity index (χ0n) is 21.6. The van der Waals surface area contributed by atoms with Gasteiger partial charge in [0.25, 0.3) is 15.9 Å². The molecule has 0 saturated carbocycles. The minimum atomic E-state index is -4.15. The number of hydrogen-bond acceptors (Lipinski definition) is 6. The van der Waals surface area contributed by atoms with E-state index in [1.165, 1.54) is 17.8 Å². The zero-order valence-corrected chi connectivity index (χ0v) is 23.3. The number of carbonyl (C=O) groups excluding carboxylic acids is 1. The molecule has 1 amide bonds. The second kappa shape index (κ2) is 12.3. The van der Waals surface area contributed by atoms with Crippen LogP contribution in [0.2, 0.25) is 0 Å². The van der Waals surface area contributed by atoms with Gasteiger partial charge in [0.2, 0.25) is 0 Å². The Balaban J connectivity index is 1.63. The molecular formula is C29H29N3O5S2. The first-order valence-electron chi connectivity index (χ1n) is 12.4. The molecule has 0 unspecified atom stereocenters. The SMILES string of the molecule is CCCCc1nc(SC)c(C(=O)O)n1Cc1ccc(-c2ccccc2S(=O)(=O)NC(=O)c2ccccc2)cc1. The minimum absolute atomic E-state index is 0.0173. The molecule has 39 heavy (non-hydrogen) atoms. The number of aromatic carboxylic acids is 1. The summed E-state index contributed by atoms with van der Waals surface area (Å²) in [6.07, 6.45) is 4.35. The first-order valence-corrected chi connectivity index (χ1v) is 15.1. The second-order valence-electron chi connectivity index (χ2n) is 8.87. The predicted octanol–water partition coefficient (Wildman–Crippen LogP) is 5.48. The normalized spacial score (nSPS) is 11.3. The first kappa shape index (κ1) is 28.1. The smallest absolute Gasteiger partial charge is 0.355 e. The molecule has 0 atom stereocenters. The molecule has 0 saturated heterocycles. The number of benzene rings is 3. The third kappa shape index (κ3) is 6.40. The Morgan fingerprint density at radius 1 is 0.974 bits per heavy atom. The van der Waals surface area contributed by atoms with Gasteiger partial charge in [-0.05, 0) is 42.0 Å². The van der Waals surface area contributed by atoms with Gasteiger partial charge >= 0.3 is 5.97 Å². The van der Waals surface area contributed by atoms with E-state index in [4.69, 9.17) is 0 Å². The molecule has 0 fully saturated rings. The molecule has 0 radical (unpaired) electrons. The summed E-state index contributed by atoms with van der Waals surface area (Å²) in [5.74, 6) is -1.00. The largest absolute Gasteiger partial charge is 0.476 e. The molecule has 0 bridgehead atoms. The fourth-order valence-electron chi connectivity index (χ4n) is 4.26. The Kier molecular flexibility index (Phi) is 8.88. The lowest BCUT2D eigenvalue weighted by Crippen LogP contribution is -2.30. The van der Waals surface area contributed by atoms with Gasteiger partial charge in [0, 0.05) is 24.1 Å². The standard InChI is InChI=1S/C29H29N3O5S2/c1-3-4-14-25-30-28(38-2)26(29(34)35)32(25)19-20-15-17-21(18-16-20)23-12-8-9-13-24(23)39(36,37)31-27(33)22-10-6-5-7-11-22/h5-13,15-18H,3-4,14,19H2,1-2H3,(H,31,33)(H,34,35). The summed E-state index contributed by atoms with van der Waals surface area (Å²) in [7, 11) is -4.15. The van der Waals surface area contributed by atoms with Crippen LogP contribution in [-0.2, 0) is 23.0 Å². The fourth-order valence-corrected chi connectivity index (χ4v) is 6.05. The molecule has 0 aliphatic rings. The average Bonchev–Trinajstić information content (AvgIpc) is 3.29. The van der Waals surface area contributed by atoms with Crippen molar-refractivity contribution < 1.29 is 23.1 Å². The monoisotopic (exact) mass is 563 g/mol. The van der Waals surface area contributed by atoms with E-state index in [0.717, 1.165) is 24.2 Å². The highest BCUT2D eigenvalue weighted by atomic mass is 32.2. The molecule has 0 aliphatic heterocycles. The predicted molar refractivity (Wildman–Crippen MR) is 152 cm³/mol. The van der Waals surface area contributed by atoms with Crippen molar-refractivity contribution in [1.82, 2.24) is 14.3 Å². The maximum absolute atomic E-state index is 13.2. The number of hydrogen-bond donors (Lipinski definition) is 2. The number of unbranched alkanes of at least 4 members (excludes halogenated alkanes) is 1. The summed E-state index contributed by atoms with van der Waals surface area (Å²) in [6, 6.07) is 21.9. The molecule has 1 aromatic heterocycles. The van der Waals surface area contributed by atoms with Gasteiger partial charge in [-0.25, -0.2) is 22.9 Å². The number of nitrogens with zero attached hydrogens (tertiary/aromatic N) is 2. The molecule has 3 aromatic carbocycles. The van der Waals surface area contributed by atoms with Crippen molar-refractivity contribution in [2.24, 2.45) is 0 Å². The van der Waals surface area contributed by atoms with Crippen LogP contribution in [0.15, 0.2) is 88.8 Å². The van der Waals surface area contributed by atoms with E-state index >= 15 is 0 Å². The van der Waals surface area contributed by atoms with E-state index in [1.807, 2.05) is 18.4 Å². The van der Waals surface area contributed by atoms with Gasteiger partial charge in [0.15, 0.2) is 5.69 Å². The van der Waals surface area contributed by atoms with Crippen LogP contribution in [0.1, 0.15) is 52.0 Å². The number of thioether (sulfide) groups is 1. The minimum Gasteiger partial charge on any atom is -0.476 e. The molecule has 4 rings (SSSR count). The summed E-state index contributed by atoms with van der Waals surface area (Å²) in [4.78, 5) is 29.2. The number of carboxylic acids is 1. The molecule has 10 heteroatoms. The summed E-state index contributed by atoms with van der Waals surface area (Å²) >= 11 is 1.31. The highest BCUT2D eigenvalue weighted by Crippen LogP contribution is 2.29. The molecule has 0 aliphatic carbocycles. The van der Waals surface area contributed by atoms with Crippen LogP contribution in [0.3, 0.4) is 0 Å². The molecule has 1 heterocycles. The van der Waals surface area contributed by atoms with Gasteiger partial charge in [-0.2, -0.15) is 0 Å². The van der Waals surface area contributed by atoms with Gasteiger partial charge in [0.05, 0.1) is 4.90 Å². The van der Waals surface area contributed by atoms with Crippen molar-refractivity contribution >= 4 is 33.7 Å². The third-order valence-electron chi connectivity index (χ3n) is 6.21. The van der Waals surface area contributed by atoms with E-state index < -0.39 is 21.9 Å². The molecule has 2 N–H and O–H groups in total. The van der Waals surface area contributed by atoms with Crippen molar-refractivity contribution in [2.45, 2.75) is 42.7 Å². The van der Waals surface area contributed by atoms with E-state index in [-0.39, 0.29) is 16.2 Å². The number of aryl methyl sites for hydroxylation is 1. The maximum atomic E-state index is 13.2. The number of nitrogens with one attached hydrogen (secondary N) is 1. The van der Waals surface area contributed by atoms with Crippen molar-refractivity contribution in [1.29, 1.82) is 0 Å². The van der Waals surface area contributed by atoms with E-state index in [0.29, 0.717) is 29.1 Å². The lowest BCUT2D eigenvalue weighted by Gasteiger charge is -2.13. The van der Waals surface area contributed by atoms with Gasteiger partial charge in [0.1, 0.15) is 10.9 Å². The molecular weight excluding hydrogens is 534 g/mol. The average molecular weight is 564 g/mol. The van der Waals surface area contributed by atoms with Gasteiger partial charge < -0.3 is 9.67 Å². The van der Waals surface area contributed by atoms with Gasteiger partial charge in [-0.15, -0.1) is 11.8 Å². The molecule has 4 aromatic rings. The summed E-state index contributed by atoms with van der Waals surface area (Å²) in [5, 5.41) is 10.4. The number of imidazole rings is 1. The quantitative estimate of drug-likeness (QED) is 0.232. The number of sulfonamides is 1. The van der Waals surface area contributed by atoms with Crippen molar-refractivity contribution in [2.75, 3.05) is 6.26 Å². The Hall–Kier alpha value is -3.89. The van der Waals surface area contributed by atoms with E-state index in [1.54, 1.807) is 65.2 Å². The number of aromatic nitrogens is 2. The summed E-state index contributed by atoms with van der Waals surface area (Å²) < 4.78 is 30.3. The van der Waals surface area contributed by atoms with Crippen LogP contribution < -0.4 is 4.72 Å². The van der Waals surface area contributed by atoms with Crippen LogP contribution in [-0.4, -0.2) is 41.2 Å². The lowest BCUT2D eigenvalue weighted by atomic mass is 10.0. The Morgan fingerprint density at radius 3 is 2.28 bits per heavy atom. The second-order valence-corrected chi connectivity index (χ2v) is 11.3.